The van der Waals surface area contributed by atoms with Crippen molar-refractivity contribution in [3.8, 4) is 17.1 Å². The minimum absolute atomic E-state index is 0.196. The van der Waals surface area contributed by atoms with E-state index in [4.69, 9.17) is 14.2 Å². The summed E-state index contributed by atoms with van der Waals surface area (Å²) in [6, 6.07) is 7.28. The lowest BCUT2D eigenvalue weighted by atomic mass is 10.1. The third-order valence-corrected chi connectivity index (χ3v) is 3.47. The number of benzene rings is 1. The Labute approximate surface area is 134 Å². The average molecular weight is 314 g/mol. The fraction of sp³-hybridized carbons (Fsp3) is 0.353. The molecule has 1 saturated heterocycles. The lowest BCUT2D eigenvalue weighted by Crippen LogP contribution is -2.48. The van der Waals surface area contributed by atoms with E-state index in [1.54, 1.807) is 38.4 Å². The van der Waals surface area contributed by atoms with Crippen LogP contribution in [-0.4, -0.2) is 34.4 Å². The number of aromatic nitrogens is 2. The molecule has 2 aromatic rings. The summed E-state index contributed by atoms with van der Waals surface area (Å²) in [5.41, 5.74) is 0.970. The summed E-state index contributed by atoms with van der Waals surface area (Å²) in [5, 5.41) is 0. The third kappa shape index (κ3) is 3.48. The van der Waals surface area contributed by atoms with Crippen LogP contribution < -0.4 is 4.74 Å². The van der Waals surface area contributed by atoms with E-state index in [1.807, 2.05) is 19.1 Å². The Bertz CT molecular complexity index is 696. The van der Waals surface area contributed by atoms with E-state index >= 15 is 0 Å². The van der Waals surface area contributed by atoms with Crippen molar-refractivity contribution in [3.05, 3.63) is 42.2 Å². The minimum Gasteiger partial charge on any atom is -0.452 e. The SMILES string of the molecule is Cc1cnc(-c2ccc(OC3COC(C)(C)C(=O)O3)cc2)nc1. The van der Waals surface area contributed by atoms with Gasteiger partial charge in [0.15, 0.2) is 11.4 Å². The van der Waals surface area contributed by atoms with Gasteiger partial charge in [0.2, 0.25) is 0 Å². The van der Waals surface area contributed by atoms with Gasteiger partial charge in [-0.1, -0.05) is 0 Å². The van der Waals surface area contributed by atoms with E-state index in [9.17, 15) is 4.79 Å². The molecule has 0 aliphatic carbocycles. The fourth-order valence-electron chi connectivity index (χ4n) is 2.06. The van der Waals surface area contributed by atoms with Crippen LogP contribution in [0, 0.1) is 6.92 Å². The van der Waals surface area contributed by atoms with Gasteiger partial charge in [-0.3, -0.25) is 0 Å². The number of rotatable bonds is 3. The van der Waals surface area contributed by atoms with Crippen molar-refractivity contribution in [1.29, 1.82) is 0 Å². The van der Waals surface area contributed by atoms with Crippen molar-refractivity contribution in [2.45, 2.75) is 32.7 Å². The van der Waals surface area contributed by atoms with Gasteiger partial charge in [0.1, 0.15) is 12.4 Å². The molecule has 120 valence electrons. The summed E-state index contributed by atoms with van der Waals surface area (Å²) in [6.45, 7) is 5.47. The van der Waals surface area contributed by atoms with Crippen LogP contribution in [0.15, 0.2) is 36.7 Å². The number of hydrogen-bond acceptors (Lipinski definition) is 6. The van der Waals surface area contributed by atoms with Crippen molar-refractivity contribution in [1.82, 2.24) is 9.97 Å². The number of ether oxygens (including phenoxy) is 3. The maximum absolute atomic E-state index is 11.7. The maximum atomic E-state index is 11.7. The monoisotopic (exact) mass is 314 g/mol. The Kier molecular flexibility index (Phi) is 4.00. The first kappa shape index (κ1) is 15.4. The van der Waals surface area contributed by atoms with Crippen molar-refractivity contribution >= 4 is 5.97 Å². The second-order valence-corrected chi connectivity index (χ2v) is 5.88. The molecule has 0 radical (unpaired) electrons. The van der Waals surface area contributed by atoms with E-state index < -0.39 is 17.9 Å². The van der Waals surface area contributed by atoms with E-state index in [-0.39, 0.29) is 6.61 Å². The molecule has 0 spiro atoms. The van der Waals surface area contributed by atoms with Gasteiger partial charge in [-0.05, 0) is 50.6 Å². The number of nitrogens with zero attached hydrogens (tertiary/aromatic N) is 2. The molecule has 0 amide bonds. The fourth-order valence-corrected chi connectivity index (χ4v) is 2.06. The van der Waals surface area contributed by atoms with Crippen LogP contribution in [0.3, 0.4) is 0 Å². The Balaban J connectivity index is 1.66. The van der Waals surface area contributed by atoms with Crippen molar-refractivity contribution in [2.24, 2.45) is 0 Å². The van der Waals surface area contributed by atoms with Gasteiger partial charge in [0.05, 0.1) is 0 Å². The highest BCUT2D eigenvalue weighted by molar-refractivity contribution is 5.79. The number of carbonyl (C=O) groups is 1. The Morgan fingerprint density at radius 3 is 2.43 bits per heavy atom. The molecule has 1 fully saturated rings. The molecule has 0 bridgehead atoms. The molecule has 23 heavy (non-hydrogen) atoms. The summed E-state index contributed by atoms with van der Waals surface area (Å²) < 4.78 is 16.3. The van der Waals surface area contributed by atoms with Crippen LogP contribution in [0.25, 0.3) is 11.4 Å². The van der Waals surface area contributed by atoms with Crippen molar-refractivity contribution in [2.75, 3.05) is 6.61 Å². The normalized spacial score (nSPS) is 20.0. The average Bonchev–Trinajstić information content (AvgIpc) is 2.53. The Morgan fingerprint density at radius 1 is 1.17 bits per heavy atom. The lowest BCUT2D eigenvalue weighted by molar-refractivity contribution is -0.226. The molecule has 1 aromatic carbocycles. The van der Waals surface area contributed by atoms with E-state index in [2.05, 4.69) is 9.97 Å². The van der Waals surface area contributed by atoms with Crippen LogP contribution in [0.1, 0.15) is 19.4 Å². The molecule has 1 unspecified atom stereocenters. The standard InChI is InChI=1S/C17H18N2O4/c1-11-8-18-15(19-9-11)12-4-6-13(7-5-12)22-14-10-21-17(2,3)16(20)23-14/h4-9,14H,10H2,1-3H3. The zero-order chi connectivity index (χ0) is 16.4. The molecular formula is C17H18N2O4. The van der Waals surface area contributed by atoms with Crippen LogP contribution in [0.4, 0.5) is 0 Å². The highest BCUT2D eigenvalue weighted by atomic mass is 16.7. The Morgan fingerprint density at radius 2 is 1.83 bits per heavy atom. The van der Waals surface area contributed by atoms with Gasteiger partial charge in [0, 0.05) is 18.0 Å². The molecule has 1 aliphatic heterocycles. The molecule has 0 saturated carbocycles. The van der Waals surface area contributed by atoms with E-state index in [1.165, 1.54) is 0 Å². The van der Waals surface area contributed by atoms with E-state index in [0.717, 1.165) is 11.1 Å². The van der Waals surface area contributed by atoms with Gasteiger partial charge < -0.3 is 14.2 Å². The first-order chi connectivity index (χ1) is 10.9. The summed E-state index contributed by atoms with van der Waals surface area (Å²) in [4.78, 5) is 20.3. The number of esters is 1. The summed E-state index contributed by atoms with van der Waals surface area (Å²) in [7, 11) is 0. The second kappa shape index (κ2) is 5.96. The van der Waals surface area contributed by atoms with Gasteiger partial charge >= 0.3 is 5.97 Å². The van der Waals surface area contributed by atoms with E-state index in [0.29, 0.717) is 11.6 Å². The second-order valence-electron chi connectivity index (χ2n) is 5.88. The highest BCUT2D eigenvalue weighted by Gasteiger charge is 2.38. The Hall–Kier alpha value is -2.47. The van der Waals surface area contributed by atoms with Crippen LogP contribution in [-0.2, 0) is 14.3 Å². The van der Waals surface area contributed by atoms with Crippen LogP contribution in [0.2, 0.25) is 0 Å². The maximum Gasteiger partial charge on any atom is 0.340 e. The number of hydrogen-bond donors (Lipinski definition) is 0. The van der Waals surface area contributed by atoms with Gasteiger partial charge in [-0.15, -0.1) is 0 Å². The molecule has 6 heteroatoms. The molecule has 1 atom stereocenters. The minimum atomic E-state index is -0.924. The third-order valence-electron chi connectivity index (χ3n) is 3.47. The topological polar surface area (TPSA) is 70.5 Å². The summed E-state index contributed by atoms with van der Waals surface area (Å²) in [5.74, 6) is 0.803. The van der Waals surface area contributed by atoms with Gasteiger partial charge in [-0.25, -0.2) is 14.8 Å². The summed E-state index contributed by atoms with van der Waals surface area (Å²) in [6.07, 6.45) is 2.80. The summed E-state index contributed by atoms with van der Waals surface area (Å²) >= 11 is 0. The lowest BCUT2D eigenvalue weighted by Gasteiger charge is -2.33. The number of cyclic esters (lactones) is 1. The molecule has 6 nitrogen and oxygen atoms in total. The highest BCUT2D eigenvalue weighted by Crippen LogP contribution is 2.24. The zero-order valence-electron chi connectivity index (χ0n) is 13.3. The smallest absolute Gasteiger partial charge is 0.340 e. The van der Waals surface area contributed by atoms with Crippen LogP contribution in [0.5, 0.6) is 5.75 Å². The van der Waals surface area contributed by atoms with Crippen LogP contribution >= 0.6 is 0 Å². The number of aryl methyl sites for hydroxylation is 1. The van der Waals surface area contributed by atoms with Gasteiger partial charge in [0.25, 0.3) is 6.29 Å². The molecule has 3 rings (SSSR count). The first-order valence-electron chi connectivity index (χ1n) is 7.35. The molecule has 1 aromatic heterocycles. The van der Waals surface area contributed by atoms with Crippen molar-refractivity contribution in [3.63, 3.8) is 0 Å². The molecule has 0 N–H and O–H groups in total. The zero-order valence-corrected chi connectivity index (χ0v) is 13.3. The first-order valence-corrected chi connectivity index (χ1v) is 7.35. The molecule has 1 aliphatic rings. The molecule has 2 heterocycles. The number of carbonyl (C=O) groups excluding carboxylic acids is 1. The van der Waals surface area contributed by atoms with Gasteiger partial charge in [-0.2, -0.15) is 0 Å². The predicted molar refractivity (Wildman–Crippen MR) is 82.7 cm³/mol. The predicted octanol–water partition coefficient (Wildman–Crippen LogP) is 2.51. The van der Waals surface area contributed by atoms with Crippen molar-refractivity contribution < 1.29 is 19.0 Å². The largest absolute Gasteiger partial charge is 0.452 e. The quantitative estimate of drug-likeness (QED) is 0.811. The molecular weight excluding hydrogens is 296 g/mol.